The van der Waals surface area contributed by atoms with Crippen LogP contribution in [0.1, 0.15) is 30.9 Å². The number of imide groups is 1. The minimum atomic E-state index is -0.460. The molecule has 196 valence electrons. The summed E-state index contributed by atoms with van der Waals surface area (Å²) in [4.78, 5) is 41.0. The Kier molecular flexibility index (Phi) is 8.04. The standard InChI is InChI=1S/C29H27BrN2O5S/c1-2-36-24-15-20(16-25-28(34)32(29(35)38-25)17-26(33)31-11-5-6-12-31)14-23(30)27(24)37-18-19-9-10-21-7-3-4-8-22(21)13-19/h3-4,7-10,13-16H,2,5-6,11-12,17-18H2,1H3/b25-16+. The van der Waals surface area contributed by atoms with Gasteiger partial charge in [-0.25, -0.2) is 0 Å². The van der Waals surface area contributed by atoms with Crippen LogP contribution in [0.3, 0.4) is 0 Å². The summed E-state index contributed by atoms with van der Waals surface area (Å²) >= 11 is 4.43. The largest absolute Gasteiger partial charge is 0.490 e. The quantitative estimate of drug-likeness (QED) is 0.287. The van der Waals surface area contributed by atoms with Crippen molar-refractivity contribution in [3.63, 3.8) is 0 Å². The van der Waals surface area contributed by atoms with Crippen molar-refractivity contribution >= 4 is 61.6 Å². The normalized spacial score (nSPS) is 16.6. The molecule has 3 aromatic carbocycles. The first-order valence-electron chi connectivity index (χ1n) is 12.5. The number of likely N-dealkylation sites (tertiary alicyclic amines) is 1. The van der Waals surface area contributed by atoms with Gasteiger partial charge in [0, 0.05) is 13.1 Å². The smallest absolute Gasteiger partial charge is 0.294 e. The summed E-state index contributed by atoms with van der Waals surface area (Å²) in [5, 5.41) is 1.87. The maximum absolute atomic E-state index is 13.0. The topological polar surface area (TPSA) is 76.2 Å². The Labute approximate surface area is 233 Å². The van der Waals surface area contributed by atoms with Gasteiger partial charge in [-0.3, -0.25) is 19.3 Å². The highest BCUT2D eigenvalue weighted by molar-refractivity contribution is 9.10. The lowest BCUT2D eigenvalue weighted by atomic mass is 10.1. The second kappa shape index (κ2) is 11.6. The highest BCUT2D eigenvalue weighted by atomic mass is 79.9. The van der Waals surface area contributed by atoms with Crippen LogP contribution in [0.5, 0.6) is 11.5 Å². The average Bonchev–Trinajstić information content (AvgIpc) is 3.53. The molecule has 7 nitrogen and oxygen atoms in total. The number of nitrogens with zero attached hydrogens (tertiary/aromatic N) is 2. The fraction of sp³-hybridized carbons (Fsp3) is 0.276. The monoisotopic (exact) mass is 594 g/mol. The van der Waals surface area contributed by atoms with E-state index < -0.39 is 11.1 Å². The van der Waals surface area contributed by atoms with E-state index in [1.807, 2.05) is 31.2 Å². The van der Waals surface area contributed by atoms with Crippen molar-refractivity contribution in [1.29, 1.82) is 0 Å². The van der Waals surface area contributed by atoms with E-state index in [9.17, 15) is 14.4 Å². The minimum Gasteiger partial charge on any atom is -0.490 e. The van der Waals surface area contributed by atoms with Gasteiger partial charge in [0.15, 0.2) is 11.5 Å². The molecule has 5 rings (SSSR count). The van der Waals surface area contributed by atoms with Crippen molar-refractivity contribution in [3.05, 3.63) is 75.1 Å². The minimum absolute atomic E-state index is 0.194. The summed E-state index contributed by atoms with van der Waals surface area (Å²) in [5.41, 5.74) is 1.70. The Hall–Kier alpha value is -3.30. The maximum Gasteiger partial charge on any atom is 0.294 e. The predicted octanol–water partition coefficient (Wildman–Crippen LogP) is 6.24. The van der Waals surface area contributed by atoms with Gasteiger partial charge >= 0.3 is 0 Å². The molecule has 0 unspecified atom stereocenters. The lowest BCUT2D eigenvalue weighted by Crippen LogP contribution is -2.40. The van der Waals surface area contributed by atoms with E-state index in [0.29, 0.717) is 47.8 Å². The van der Waals surface area contributed by atoms with Gasteiger partial charge < -0.3 is 14.4 Å². The Morgan fingerprint density at radius 1 is 1.03 bits per heavy atom. The third-order valence-corrected chi connectivity index (χ3v) is 7.95. The van der Waals surface area contributed by atoms with Crippen LogP contribution < -0.4 is 9.47 Å². The van der Waals surface area contributed by atoms with Crippen molar-refractivity contribution in [1.82, 2.24) is 9.80 Å². The van der Waals surface area contributed by atoms with Crippen LogP contribution in [0.15, 0.2) is 64.0 Å². The number of fused-ring (bicyclic) bond motifs is 1. The Bertz CT molecular complexity index is 1430. The molecule has 0 bridgehead atoms. The van der Waals surface area contributed by atoms with Crippen LogP contribution in [0.4, 0.5) is 4.79 Å². The third-order valence-electron chi connectivity index (χ3n) is 6.45. The summed E-state index contributed by atoms with van der Waals surface area (Å²) in [5.74, 6) is 0.428. The van der Waals surface area contributed by atoms with Crippen molar-refractivity contribution < 1.29 is 23.9 Å². The summed E-state index contributed by atoms with van der Waals surface area (Å²) in [6, 6.07) is 18.0. The van der Waals surface area contributed by atoms with Crippen LogP contribution in [0.25, 0.3) is 16.8 Å². The molecule has 0 saturated carbocycles. The third kappa shape index (κ3) is 5.73. The van der Waals surface area contributed by atoms with Gasteiger partial charge in [0.05, 0.1) is 16.0 Å². The molecule has 2 aliphatic rings. The molecular weight excluding hydrogens is 568 g/mol. The van der Waals surface area contributed by atoms with Crippen LogP contribution in [-0.4, -0.2) is 53.1 Å². The maximum atomic E-state index is 13.0. The van der Waals surface area contributed by atoms with E-state index in [1.54, 1.807) is 17.0 Å². The number of amides is 3. The number of rotatable bonds is 8. The first-order chi connectivity index (χ1) is 18.4. The zero-order valence-electron chi connectivity index (χ0n) is 20.9. The average molecular weight is 596 g/mol. The molecule has 38 heavy (non-hydrogen) atoms. The molecule has 3 aromatic rings. The van der Waals surface area contributed by atoms with Crippen LogP contribution in [-0.2, 0) is 16.2 Å². The van der Waals surface area contributed by atoms with E-state index in [2.05, 4.69) is 40.2 Å². The first kappa shape index (κ1) is 26.3. The number of thioether (sulfide) groups is 1. The molecule has 0 aliphatic carbocycles. The van der Waals surface area contributed by atoms with Gasteiger partial charge in [0.25, 0.3) is 11.1 Å². The van der Waals surface area contributed by atoms with E-state index in [0.717, 1.165) is 40.5 Å². The van der Waals surface area contributed by atoms with E-state index in [-0.39, 0.29) is 17.4 Å². The highest BCUT2D eigenvalue weighted by Gasteiger charge is 2.37. The molecule has 0 radical (unpaired) electrons. The summed E-state index contributed by atoms with van der Waals surface area (Å²) in [6.45, 7) is 3.79. The SMILES string of the molecule is CCOc1cc(/C=C2/SC(=O)N(CC(=O)N3CCCC3)C2=O)cc(Br)c1OCc1ccc2ccccc2c1. The number of hydrogen-bond acceptors (Lipinski definition) is 6. The molecule has 9 heteroatoms. The van der Waals surface area contributed by atoms with Crippen LogP contribution in [0, 0.1) is 0 Å². The van der Waals surface area contributed by atoms with Crippen molar-refractivity contribution in [2.75, 3.05) is 26.2 Å². The molecule has 0 aromatic heterocycles. The lowest BCUT2D eigenvalue weighted by molar-refractivity contribution is -0.135. The van der Waals surface area contributed by atoms with Gasteiger partial charge in [-0.05, 0) is 93.6 Å². The van der Waals surface area contributed by atoms with Gasteiger partial charge in [0.1, 0.15) is 13.2 Å². The van der Waals surface area contributed by atoms with Gasteiger partial charge in [-0.2, -0.15) is 0 Å². The molecular formula is C29H27BrN2O5S. The summed E-state index contributed by atoms with van der Waals surface area (Å²) in [6.07, 6.45) is 3.55. The Balaban J connectivity index is 1.33. The van der Waals surface area contributed by atoms with E-state index >= 15 is 0 Å². The van der Waals surface area contributed by atoms with E-state index in [4.69, 9.17) is 9.47 Å². The van der Waals surface area contributed by atoms with Crippen molar-refractivity contribution in [3.8, 4) is 11.5 Å². The summed E-state index contributed by atoms with van der Waals surface area (Å²) < 4.78 is 12.7. The summed E-state index contributed by atoms with van der Waals surface area (Å²) in [7, 11) is 0. The first-order valence-corrected chi connectivity index (χ1v) is 14.1. The molecule has 2 aliphatic heterocycles. The number of benzene rings is 3. The van der Waals surface area contributed by atoms with Crippen molar-refractivity contribution in [2.24, 2.45) is 0 Å². The molecule has 0 atom stereocenters. The van der Waals surface area contributed by atoms with Gasteiger partial charge in [-0.15, -0.1) is 0 Å². The highest BCUT2D eigenvalue weighted by Crippen LogP contribution is 2.40. The Morgan fingerprint density at radius 2 is 1.79 bits per heavy atom. The lowest BCUT2D eigenvalue weighted by Gasteiger charge is -2.18. The second-order valence-corrected chi connectivity index (χ2v) is 10.9. The number of hydrogen-bond donors (Lipinski definition) is 0. The van der Waals surface area contributed by atoms with Gasteiger partial charge in [-0.1, -0.05) is 36.4 Å². The second-order valence-electron chi connectivity index (χ2n) is 9.09. The molecule has 2 heterocycles. The Morgan fingerprint density at radius 3 is 2.55 bits per heavy atom. The number of carbonyl (C=O) groups is 3. The predicted molar refractivity (Wildman–Crippen MR) is 152 cm³/mol. The zero-order valence-corrected chi connectivity index (χ0v) is 23.3. The fourth-order valence-corrected chi connectivity index (χ4v) is 5.96. The number of carbonyl (C=O) groups excluding carboxylic acids is 3. The number of ether oxygens (including phenoxy) is 2. The van der Waals surface area contributed by atoms with Crippen LogP contribution >= 0.6 is 27.7 Å². The zero-order chi connectivity index (χ0) is 26.6. The number of halogens is 1. The molecule has 2 saturated heterocycles. The van der Waals surface area contributed by atoms with Crippen molar-refractivity contribution in [2.45, 2.75) is 26.4 Å². The molecule has 2 fully saturated rings. The van der Waals surface area contributed by atoms with Gasteiger partial charge in [0.2, 0.25) is 5.91 Å². The van der Waals surface area contributed by atoms with Crippen LogP contribution in [0.2, 0.25) is 0 Å². The molecule has 0 N–H and O–H groups in total. The molecule has 0 spiro atoms. The van der Waals surface area contributed by atoms with E-state index in [1.165, 1.54) is 5.39 Å². The fourth-order valence-electron chi connectivity index (χ4n) is 4.55. The molecule has 3 amide bonds.